The molecule has 0 spiro atoms. The summed E-state index contributed by atoms with van der Waals surface area (Å²) < 4.78 is 0. The van der Waals surface area contributed by atoms with Crippen molar-refractivity contribution in [3.8, 4) is 0 Å². The first-order valence-electron chi connectivity index (χ1n) is 7.05. The molecule has 0 aromatic heterocycles. The van der Waals surface area contributed by atoms with Gasteiger partial charge in [-0.05, 0) is 41.5 Å². The van der Waals surface area contributed by atoms with E-state index in [1.807, 2.05) is 20.8 Å². The molecule has 1 aliphatic rings. The van der Waals surface area contributed by atoms with Crippen molar-refractivity contribution in [2.24, 2.45) is 5.73 Å². The van der Waals surface area contributed by atoms with E-state index in [9.17, 15) is 9.59 Å². The highest BCUT2D eigenvalue weighted by Crippen LogP contribution is 2.19. The molecule has 116 valence electrons. The predicted molar refractivity (Wildman–Crippen MR) is 79.3 cm³/mol. The maximum Gasteiger partial charge on any atom is 0.318 e. The molecule has 1 rings (SSSR count). The molecule has 0 radical (unpaired) electrons. The van der Waals surface area contributed by atoms with Gasteiger partial charge in [-0.15, -0.1) is 0 Å². The van der Waals surface area contributed by atoms with Crippen molar-refractivity contribution in [1.82, 2.24) is 15.1 Å². The molecule has 0 aromatic carbocycles. The quantitative estimate of drug-likeness (QED) is 0.746. The third-order valence-electron chi connectivity index (χ3n) is 3.40. The van der Waals surface area contributed by atoms with E-state index in [4.69, 9.17) is 5.73 Å². The Morgan fingerprint density at radius 3 is 2.05 bits per heavy atom. The average Bonchev–Trinajstić information content (AvgIpc) is 2.24. The molecular weight excluding hydrogens is 256 g/mol. The van der Waals surface area contributed by atoms with Crippen LogP contribution in [0.5, 0.6) is 0 Å². The summed E-state index contributed by atoms with van der Waals surface area (Å²) in [6.07, 6.45) is 0. The van der Waals surface area contributed by atoms with Crippen LogP contribution < -0.4 is 11.1 Å². The monoisotopic (exact) mass is 284 g/mol. The SMILES string of the molecule is CC(C)(C)NC(=O)N1CCN(C(C)(C)C)C[C@@H]1C(N)=O. The van der Waals surface area contributed by atoms with Gasteiger partial charge < -0.3 is 16.0 Å². The number of nitrogens with two attached hydrogens (primary N) is 1. The molecule has 0 aromatic rings. The number of rotatable bonds is 1. The lowest BCUT2D eigenvalue weighted by Gasteiger charge is -2.46. The normalized spacial score (nSPS) is 21.7. The summed E-state index contributed by atoms with van der Waals surface area (Å²) in [5.74, 6) is -0.456. The number of hydrogen-bond donors (Lipinski definition) is 2. The number of urea groups is 1. The second kappa shape index (κ2) is 5.60. The van der Waals surface area contributed by atoms with E-state index in [-0.39, 0.29) is 17.1 Å². The summed E-state index contributed by atoms with van der Waals surface area (Å²) in [7, 11) is 0. The van der Waals surface area contributed by atoms with Gasteiger partial charge in [-0.25, -0.2) is 4.79 Å². The van der Waals surface area contributed by atoms with Gasteiger partial charge in [0, 0.05) is 30.7 Å². The Morgan fingerprint density at radius 1 is 1.10 bits per heavy atom. The van der Waals surface area contributed by atoms with Gasteiger partial charge in [-0.3, -0.25) is 9.69 Å². The van der Waals surface area contributed by atoms with E-state index in [2.05, 4.69) is 31.0 Å². The summed E-state index contributed by atoms with van der Waals surface area (Å²) in [6, 6.07) is -0.805. The maximum atomic E-state index is 12.3. The lowest BCUT2D eigenvalue weighted by molar-refractivity contribution is -0.125. The maximum absolute atomic E-state index is 12.3. The van der Waals surface area contributed by atoms with Crippen molar-refractivity contribution in [1.29, 1.82) is 0 Å². The largest absolute Gasteiger partial charge is 0.368 e. The Balaban J connectivity index is 2.83. The number of carbonyl (C=O) groups is 2. The van der Waals surface area contributed by atoms with Crippen LogP contribution in [0, 0.1) is 0 Å². The Kier molecular flexibility index (Phi) is 4.69. The number of piperazine rings is 1. The summed E-state index contributed by atoms with van der Waals surface area (Å²) >= 11 is 0. The van der Waals surface area contributed by atoms with Crippen molar-refractivity contribution >= 4 is 11.9 Å². The van der Waals surface area contributed by atoms with E-state index in [1.54, 1.807) is 4.90 Å². The summed E-state index contributed by atoms with van der Waals surface area (Å²) in [6.45, 7) is 13.7. The minimum atomic E-state index is -0.578. The summed E-state index contributed by atoms with van der Waals surface area (Å²) in [4.78, 5) is 27.7. The first-order chi connectivity index (χ1) is 8.92. The molecule has 0 saturated carbocycles. The average molecular weight is 284 g/mol. The first-order valence-corrected chi connectivity index (χ1v) is 7.05. The number of carbonyl (C=O) groups excluding carboxylic acids is 2. The molecule has 0 unspecified atom stereocenters. The van der Waals surface area contributed by atoms with Crippen LogP contribution in [0.1, 0.15) is 41.5 Å². The van der Waals surface area contributed by atoms with E-state index in [0.717, 1.165) is 6.54 Å². The minimum absolute atomic E-state index is 0.0414. The van der Waals surface area contributed by atoms with Gasteiger partial charge in [0.1, 0.15) is 6.04 Å². The molecule has 1 fully saturated rings. The molecule has 3 amide bonds. The molecule has 6 nitrogen and oxygen atoms in total. The Hall–Kier alpha value is -1.30. The number of nitrogens with zero attached hydrogens (tertiary/aromatic N) is 2. The molecule has 3 N–H and O–H groups in total. The fourth-order valence-corrected chi connectivity index (χ4v) is 2.27. The highest BCUT2D eigenvalue weighted by Gasteiger charge is 2.38. The van der Waals surface area contributed by atoms with Crippen molar-refractivity contribution in [3.05, 3.63) is 0 Å². The standard InChI is InChI=1S/C14H28N4O2/c1-13(2,3)16-12(20)18-8-7-17(14(4,5)6)9-10(18)11(15)19/h10H,7-9H2,1-6H3,(H2,15,19)(H,16,20)/t10-/m1/s1. The van der Waals surface area contributed by atoms with E-state index in [1.165, 1.54) is 0 Å². The van der Waals surface area contributed by atoms with E-state index in [0.29, 0.717) is 13.1 Å². The van der Waals surface area contributed by atoms with Crippen molar-refractivity contribution in [2.75, 3.05) is 19.6 Å². The Morgan fingerprint density at radius 2 is 1.65 bits per heavy atom. The number of amides is 3. The molecule has 1 heterocycles. The lowest BCUT2D eigenvalue weighted by atomic mass is 10.0. The Bertz CT molecular complexity index is 382. The van der Waals surface area contributed by atoms with Crippen LogP contribution in [0.4, 0.5) is 4.79 Å². The summed E-state index contributed by atoms with van der Waals surface area (Å²) in [5.41, 5.74) is 5.10. The lowest BCUT2D eigenvalue weighted by Crippen LogP contribution is -2.65. The van der Waals surface area contributed by atoms with Crippen molar-refractivity contribution < 1.29 is 9.59 Å². The highest BCUT2D eigenvalue weighted by atomic mass is 16.2. The first kappa shape index (κ1) is 16.8. The van der Waals surface area contributed by atoms with Crippen LogP contribution in [0.3, 0.4) is 0 Å². The van der Waals surface area contributed by atoms with Gasteiger partial charge in [0.15, 0.2) is 0 Å². The summed E-state index contributed by atoms with van der Waals surface area (Å²) in [5, 5.41) is 2.89. The second-order valence-corrected chi connectivity index (χ2v) is 7.41. The van der Waals surface area contributed by atoms with E-state index < -0.39 is 11.9 Å². The molecule has 20 heavy (non-hydrogen) atoms. The molecule has 1 aliphatic heterocycles. The Labute approximate surface area is 121 Å². The molecule has 0 bridgehead atoms. The minimum Gasteiger partial charge on any atom is -0.368 e. The highest BCUT2D eigenvalue weighted by molar-refractivity contribution is 5.86. The van der Waals surface area contributed by atoms with Gasteiger partial charge in [-0.1, -0.05) is 0 Å². The van der Waals surface area contributed by atoms with Crippen LogP contribution in [0.25, 0.3) is 0 Å². The van der Waals surface area contributed by atoms with Gasteiger partial charge in [0.25, 0.3) is 0 Å². The third-order valence-corrected chi connectivity index (χ3v) is 3.40. The predicted octanol–water partition coefficient (Wildman–Crippen LogP) is 0.765. The topological polar surface area (TPSA) is 78.7 Å². The van der Waals surface area contributed by atoms with Gasteiger partial charge in [0.2, 0.25) is 5.91 Å². The number of primary amides is 1. The van der Waals surface area contributed by atoms with Gasteiger partial charge in [-0.2, -0.15) is 0 Å². The third kappa shape index (κ3) is 4.37. The van der Waals surface area contributed by atoms with Crippen LogP contribution in [0.2, 0.25) is 0 Å². The number of hydrogen-bond acceptors (Lipinski definition) is 3. The van der Waals surface area contributed by atoms with Crippen LogP contribution in [-0.2, 0) is 4.79 Å². The van der Waals surface area contributed by atoms with E-state index >= 15 is 0 Å². The van der Waals surface area contributed by atoms with Crippen LogP contribution in [-0.4, -0.2) is 58.5 Å². The van der Waals surface area contributed by atoms with Crippen molar-refractivity contribution in [2.45, 2.75) is 58.7 Å². The second-order valence-electron chi connectivity index (χ2n) is 7.41. The molecular formula is C14H28N4O2. The van der Waals surface area contributed by atoms with Crippen LogP contribution >= 0.6 is 0 Å². The molecule has 1 atom stereocenters. The fourth-order valence-electron chi connectivity index (χ4n) is 2.27. The molecule has 0 aliphatic carbocycles. The molecule has 6 heteroatoms. The van der Waals surface area contributed by atoms with Crippen LogP contribution in [0.15, 0.2) is 0 Å². The zero-order valence-electron chi connectivity index (χ0n) is 13.5. The fraction of sp³-hybridized carbons (Fsp3) is 0.857. The van der Waals surface area contributed by atoms with Gasteiger partial charge in [0.05, 0.1) is 0 Å². The zero-order valence-corrected chi connectivity index (χ0v) is 13.5. The van der Waals surface area contributed by atoms with Crippen molar-refractivity contribution in [3.63, 3.8) is 0 Å². The number of nitrogens with one attached hydrogen (secondary N) is 1. The zero-order chi connectivity index (χ0) is 15.7. The van der Waals surface area contributed by atoms with Gasteiger partial charge >= 0.3 is 6.03 Å². The smallest absolute Gasteiger partial charge is 0.318 e. The molecule has 1 saturated heterocycles.